The minimum absolute atomic E-state index is 0.141. The van der Waals surface area contributed by atoms with Crippen LogP contribution in [-0.2, 0) is 21.3 Å². The molecule has 1 N–H and O–H groups in total. The topological polar surface area (TPSA) is 70.9 Å². The molecule has 1 rings (SSSR count). The van der Waals surface area contributed by atoms with Gasteiger partial charge < -0.3 is 14.2 Å². The molecule has 0 atom stereocenters. The summed E-state index contributed by atoms with van der Waals surface area (Å²) in [6.07, 6.45) is 12.4. The Hall–Kier alpha value is -0.950. The smallest absolute Gasteiger partial charge is 0.124 e. The lowest BCUT2D eigenvalue weighted by molar-refractivity contribution is -0.858. The summed E-state index contributed by atoms with van der Waals surface area (Å²) in [5, 5.41) is 0. The van der Waals surface area contributed by atoms with E-state index in [2.05, 4.69) is 34.9 Å². The highest BCUT2D eigenvalue weighted by atomic mass is 32.2. The van der Waals surface area contributed by atoms with Crippen LogP contribution in [0.3, 0.4) is 0 Å². The molecule has 1 aromatic rings. The van der Waals surface area contributed by atoms with E-state index >= 15 is 0 Å². The van der Waals surface area contributed by atoms with Crippen LogP contribution in [0.2, 0.25) is 0 Å². The molecule has 1 aromatic carbocycles. The molecule has 0 heterocycles. The van der Waals surface area contributed by atoms with E-state index < -0.39 is 10.1 Å². The van der Waals surface area contributed by atoms with E-state index in [-0.39, 0.29) is 4.90 Å². The highest BCUT2D eigenvalue weighted by Gasteiger charge is 2.01. The van der Waals surface area contributed by atoms with Crippen molar-refractivity contribution in [3.05, 3.63) is 29.8 Å². The quantitative estimate of drug-likeness (QED) is 0.294. The highest BCUT2D eigenvalue weighted by molar-refractivity contribution is 7.85. The van der Waals surface area contributed by atoms with Crippen LogP contribution >= 0.6 is 0 Å². The van der Waals surface area contributed by atoms with Gasteiger partial charge in [-0.1, -0.05) is 77.8 Å². The van der Waals surface area contributed by atoms with Crippen molar-refractivity contribution in [2.75, 3.05) is 33.9 Å². The normalized spacial score (nSPS) is 11.6. The van der Waals surface area contributed by atoms with Crippen LogP contribution in [0.15, 0.2) is 29.2 Å². The van der Waals surface area contributed by atoms with Gasteiger partial charge in [0.1, 0.15) is 16.7 Å². The number of unbranched alkanes of at least 4 members (excludes halogenated alkanes) is 6. The van der Waals surface area contributed by atoms with Crippen LogP contribution < -0.4 is 4.90 Å². The molecule has 182 valence electrons. The molecule has 5 nitrogen and oxygen atoms in total. The zero-order chi connectivity index (χ0) is 23.5. The standard InChI is InChI=1S/C18H30O3S.C7H17NO/c1-16(2)10-8-6-4-3-5-7-9-11-17-12-14-18(15-13-17)22(19,20)21;1-4-6-9-7-5-8(2)3/h12-16H,3-11H2,1-2H3,(H,19,20,21);4-7H2,1-3H3. The summed E-state index contributed by atoms with van der Waals surface area (Å²) in [5.41, 5.74) is 1.10. The van der Waals surface area contributed by atoms with Gasteiger partial charge in [-0.3, -0.25) is 0 Å². The van der Waals surface area contributed by atoms with Crippen LogP contribution in [0.4, 0.5) is 0 Å². The molecule has 0 fully saturated rings. The maximum Gasteiger partial charge on any atom is 0.124 e. The Balaban J connectivity index is 0.000000842. The molecular weight excluding hydrogens is 410 g/mol. The Labute approximate surface area is 192 Å². The minimum atomic E-state index is -4.32. The number of rotatable bonds is 16. The average Bonchev–Trinajstić information content (AvgIpc) is 2.70. The first kappa shape index (κ1) is 30.0. The molecule has 0 unspecified atom stereocenters. The second-order valence-electron chi connectivity index (χ2n) is 9.07. The lowest BCUT2D eigenvalue weighted by atomic mass is 10.0. The first-order valence-corrected chi connectivity index (χ1v) is 13.5. The fourth-order valence-corrected chi connectivity index (χ4v) is 3.58. The van der Waals surface area contributed by atoms with Crippen molar-refractivity contribution in [2.24, 2.45) is 5.92 Å². The fraction of sp³-hybridized carbons (Fsp3) is 0.760. The zero-order valence-corrected chi connectivity index (χ0v) is 21.4. The van der Waals surface area contributed by atoms with Gasteiger partial charge in [0.25, 0.3) is 0 Å². The Morgan fingerprint density at radius 2 is 1.45 bits per heavy atom. The summed E-state index contributed by atoms with van der Waals surface area (Å²) < 4.78 is 37.8. The van der Waals surface area contributed by atoms with Crippen LogP contribution in [0.1, 0.15) is 84.1 Å². The third-order valence-corrected chi connectivity index (χ3v) is 5.90. The van der Waals surface area contributed by atoms with Gasteiger partial charge in [0.15, 0.2) is 0 Å². The van der Waals surface area contributed by atoms with Gasteiger partial charge in [0, 0.05) is 6.61 Å². The van der Waals surface area contributed by atoms with Crippen molar-refractivity contribution in [1.29, 1.82) is 0 Å². The lowest BCUT2D eigenvalue weighted by Gasteiger charge is -2.08. The molecule has 0 saturated heterocycles. The van der Waals surface area contributed by atoms with E-state index in [1.807, 2.05) is 0 Å². The fourth-order valence-electron chi connectivity index (χ4n) is 3.11. The second-order valence-corrected chi connectivity index (χ2v) is 10.5. The number of aryl methyl sites for hydroxylation is 1. The molecular formula is C25H47NO4S. The molecule has 0 radical (unpaired) electrons. The van der Waals surface area contributed by atoms with Crippen LogP contribution in [-0.4, -0.2) is 46.8 Å². The van der Waals surface area contributed by atoms with Gasteiger partial charge in [0.05, 0.1) is 25.6 Å². The molecule has 0 aliphatic heterocycles. The van der Waals surface area contributed by atoms with Crippen molar-refractivity contribution in [3.8, 4) is 0 Å². The Bertz CT molecular complexity index is 627. The van der Waals surface area contributed by atoms with Crippen molar-refractivity contribution >= 4 is 10.1 Å². The van der Waals surface area contributed by atoms with Crippen LogP contribution in [0.5, 0.6) is 0 Å². The molecule has 0 aromatic heterocycles. The Morgan fingerprint density at radius 3 is 1.94 bits per heavy atom. The van der Waals surface area contributed by atoms with E-state index in [4.69, 9.17) is 4.74 Å². The van der Waals surface area contributed by atoms with Gasteiger partial charge >= 0.3 is 0 Å². The lowest BCUT2D eigenvalue weighted by Crippen LogP contribution is -3.06. The first-order chi connectivity index (χ1) is 14.7. The molecule has 0 aliphatic carbocycles. The minimum Gasteiger partial charge on any atom is -0.744 e. The number of benzene rings is 1. The van der Waals surface area contributed by atoms with E-state index in [0.717, 1.165) is 50.5 Å². The summed E-state index contributed by atoms with van der Waals surface area (Å²) in [7, 11) is -0.0469. The number of likely N-dealkylation sites (N-methyl/N-ethyl adjacent to an activating group) is 1. The maximum absolute atomic E-state index is 10.8. The maximum atomic E-state index is 10.8. The molecule has 0 saturated carbocycles. The second kappa shape index (κ2) is 18.6. The van der Waals surface area contributed by atoms with Crippen LogP contribution in [0.25, 0.3) is 0 Å². The van der Waals surface area contributed by atoms with Gasteiger partial charge in [-0.15, -0.1) is 0 Å². The van der Waals surface area contributed by atoms with Gasteiger partial charge in [-0.05, 0) is 42.9 Å². The van der Waals surface area contributed by atoms with Gasteiger partial charge in [0.2, 0.25) is 0 Å². The van der Waals surface area contributed by atoms with Gasteiger partial charge in [-0.25, -0.2) is 8.42 Å². The van der Waals surface area contributed by atoms with Crippen molar-refractivity contribution in [1.82, 2.24) is 0 Å². The largest absolute Gasteiger partial charge is 0.744 e. The number of hydrogen-bond donors (Lipinski definition) is 1. The summed E-state index contributed by atoms with van der Waals surface area (Å²) in [4.78, 5) is 1.31. The highest BCUT2D eigenvalue weighted by Crippen LogP contribution is 2.15. The third kappa shape index (κ3) is 19.5. The summed E-state index contributed by atoms with van der Waals surface area (Å²) in [6, 6.07) is 6.31. The van der Waals surface area contributed by atoms with Crippen molar-refractivity contribution in [3.63, 3.8) is 0 Å². The third-order valence-electron chi connectivity index (χ3n) is 5.05. The summed E-state index contributed by atoms with van der Waals surface area (Å²) >= 11 is 0. The van der Waals surface area contributed by atoms with E-state index in [1.165, 1.54) is 62.0 Å². The van der Waals surface area contributed by atoms with Crippen molar-refractivity contribution in [2.45, 2.75) is 89.9 Å². The average molecular weight is 458 g/mol. The predicted octanol–water partition coefficient (Wildman–Crippen LogP) is 4.47. The van der Waals surface area contributed by atoms with Crippen molar-refractivity contribution < 1.29 is 22.6 Å². The monoisotopic (exact) mass is 457 g/mol. The number of ether oxygens (including phenoxy) is 1. The molecule has 0 bridgehead atoms. The Kier molecular flexibility index (Phi) is 18.0. The van der Waals surface area contributed by atoms with Gasteiger partial charge in [-0.2, -0.15) is 0 Å². The molecule has 31 heavy (non-hydrogen) atoms. The molecule has 0 aliphatic rings. The number of quaternary nitrogens is 1. The summed E-state index contributed by atoms with van der Waals surface area (Å²) in [5.74, 6) is 0.822. The van der Waals surface area contributed by atoms with E-state index in [0.29, 0.717) is 0 Å². The first-order valence-electron chi connectivity index (χ1n) is 12.1. The summed E-state index contributed by atoms with van der Waals surface area (Å²) in [6.45, 7) is 9.60. The van der Waals surface area contributed by atoms with E-state index in [1.54, 1.807) is 12.1 Å². The molecule has 6 heteroatoms. The van der Waals surface area contributed by atoms with E-state index in [9.17, 15) is 13.0 Å². The number of nitrogens with one attached hydrogen (secondary N) is 1. The molecule has 0 spiro atoms. The Morgan fingerprint density at radius 1 is 0.903 bits per heavy atom. The van der Waals surface area contributed by atoms with Crippen LogP contribution in [0, 0.1) is 5.92 Å². The zero-order valence-electron chi connectivity index (χ0n) is 20.6. The number of hydrogen-bond acceptors (Lipinski definition) is 4. The molecule has 0 amide bonds. The SMILES string of the molecule is CC(C)CCCCCCCCCc1ccc(S(=O)(=O)[O-])cc1.CCCOCC[NH+](C)C. The predicted molar refractivity (Wildman–Crippen MR) is 129 cm³/mol.